The Morgan fingerprint density at radius 1 is 1.50 bits per heavy atom. The van der Waals surface area contributed by atoms with Gasteiger partial charge in [0.05, 0.1) is 4.92 Å². The molecule has 0 saturated heterocycles. The minimum atomic E-state index is -0.601. The van der Waals surface area contributed by atoms with Crippen LogP contribution in [0.3, 0.4) is 0 Å². The van der Waals surface area contributed by atoms with Gasteiger partial charge in [0.25, 0.3) is 11.6 Å². The van der Waals surface area contributed by atoms with E-state index in [1.54, 1.807) is 0 Å². The molecule has 0 heterocycles. The summed E-state index contributed by atoms with van der Waals surface area (Å²) in [5.74, 6) is -0.290. The van der Waals surface area contributed by atoms with Crippen LogP contribution in [-0.4, -0.2) is 16.9 Å². The molecule has 6 heteroatoms. The number of hydrogen-bond acceptors (Lipinski definition) is 3. The summed E-state index contributed by atoms with van der Waals surface area (Å²) < 4.78 is 0. The molecule has 2 rings (SSSR count). The van der Waals surface area contributed by atoms with Gasteiger partial charge in [-0.2, -0.15) is 0 Å². The van der Waals surface area contributed by atoms with Crippen LogP contribution in [0, 0.1) is 10.1 Å². The van der Waals surface area contributed by atoms with Gasteiger partial charge in [0.2, 0.25) is 0 Å². The lowest BCUT2D eigenvalue weighted by atomic mass is 10.2. The number of hydrogen-bond donors (Lipinski definition) is 1. The lowest BCUT2D eigenvalue weighted by Gasteiger charge is -2.03. The fourth-order valence-electron chi connectivity index (χ4n) is 1.29. The van der Waals surface area contributed by atoms with Gasteiger partial charge in [-0.1, -0.05) is 11.6 Å². The van der Waals surface area contributed by atoms with Crippen molar-refractivity contribution in [2.24, 2.45) is 0 Å². The normalized spacial score (nSPS) is 14.6. The Morgan fingerprint density at radius 2 is 2.19 bits per heavy atom. The quantitative estimate of drug-likeness (QED) is 0.650. The van der Waals surface area contributed by atoms with Gasteiger partial charge in [-0.3, -0.25) is 14.9 Å². The average Bonchev–Trinajstić information content (AvgIpc) is 3.01. The molecule has 16 heavy (non-hydrogen) atoms. The number of benzene rings is 1. The van der Waals surface area contributed by atoms with Crippen LogP contribution in [-0.2, 0) is 0 Å². The van der Waals surface area contributed by atoms with Crippen LogP contribution in [0.2, 0.25) is 5.02 Å². The SMILES string of the molecule is O=C(NC1CC1)c1ccc(Cl)c([N+](=O)[O-])c1. The molecule has 1 aliphatic rings. The highest BCUT2D eigenvalue weighted by molar-refractivity contribution is 6.32. The lowest BCUT2D eigenvalue weighted by molar-refractivity contribution is -0.384. The molecule has 0 atom stereocenters. The topological polar surface area (TPSA) is 72.2 Å². The smallest absolute Gasteiger partial charge is 0.288 e. The first-order valence-electron chi connectivity index (χ1n) is 4.83. The molecule has 0 bridgehead atoms. The predicted molar refractivity (Wildman–Crippen MR) is 58.6 cm³/mol. The highest BCUT2D eigenvalue weighted by Crippen LogP contribution is 2.26. The Morgan fingerprint density at radius 3 is 2.75 bits per heavy atom. The van der Waals surface area contributed by atoms with Crippen LogP contribution in [0.25, 0.3) is 0 Å². The van der Waals surface area contributed by atoms with Crippen molar-refractivity contribution >= 4 is 23.2 Å². The third-order valence-corrected chi connectivity index (χ3v) is 2.64. The van der Waals surface area contributed by atoms with Gasteiger partial charge in [0, 0.05) is 17.7 Å². The van der Waals surface area contributed by atoms with Crippen LogP contribution in [0.4, 0.5) is 5.69 Å². The maximum atomic E-state index is 11.6. The highest BCUT2D eigenvalue weighted by atomic mass is 35.5. The molecular formula is C10H9ClN2O3. The minimum absolute atomic E-state index is 0.0352. The summed E-state index contributed by atoms with van der Waals surface area (Å²) in [7, 11) is 0. The molecule has 0 unspecified atom stereocenters. The van der Waals surface area contributed by atoms with Gasteiger partial charge in [0.1, 0.15) is 5.02 Å². The van der Waals surface area contributed by atoms with Crippen molar-refractivity contribution in [2.75, 3.05) is 0 Å². The first kappa shape index (κ1) is 10.9. The second-order valence-corrected chi connectivity index (χ2v) is 4.08. The molecular weight excluding hydrogens is 232 g/mol. The summed E-state index contributed by atoms with van der Waals surface area (Å²) in [6, 6.07) is 4.26. The second-order valence-electron chi connectivity index (χ2n) is 3.67. The molecule has 84 valence electrons. The first-order chi connectivity index (χ1) is 7.58. The summed E-state index contributed by atoms with van der Waals surface area (Å²) in [6.45, 7) is 0. The predicted octanol–water partition coefficient (Wildman–Crippen LogP) is 2.14. The zero-order chi connectivity index (χ0) is 11.7. The average molecular weight is 241 g/mol. The summed E-state index contributed by atoms with van der Waals surface area (Å²) in [5, 5.41) is 13.4. The van der Waals surface area contributed by atoms with Gasteiger partial charge in [-0.15, -0.1) is 0 Å². The highest BCUT2D eigenvalue weighted by Gasteiger charge is 2.24. The van der Waals surface area contributed by atoms with Gasteiger partial charge >= 0.3 is 0 Å². The molecule has 1 fully saturated rings. The van der Waals surface area contributed by atoms with E-state index in [0.717, 1.165) is 12.8 Å². The molecule has 5 nitrogen and oxygen atoms in total. The van der Waals surface area contributed by atoms with Gasteiger partial charge < -0.3 is 5.32 Å². The Bertz CT molecular complexity index is 457. The second kappa shape index (κ2) is 4.09. The van der Waals surface area contributed by atoms with Crippen LogP contribution >= 0.6 is 11.6 Å². The minimum Gasteiger partial charge on any atom is -0.349 e. The molecule has 1 aromatic rings. The van der Waals surface area contributed by atoms with Crippen molar-refractivity contribution in [3.05, 3.63) is 38.9 Å². The monoisotopic (exact) mass is 240 g/mol. The van der Waals surface area contributed by atoms with E-state index >= 15 is 0 Å². The van der Waals surface area contributed by atoms with E-state index < -0.39 is 4.92 Å². The molecule has 1 aliphatic carbocycles. The summed E-state index contributed by atoms with van der Waals surface area (Å²) in [4.78, 5) is 21.6. The number of carbonyl (C=O) groups excluding carboxylic acids is 1. The van der Waals surface area contributed by atoms with E-state index in [4.69, 9.17) is 11.6 Å². The van der Waals surface area contributed by atoms with E-state index in [1.165, 1.54) is 18.2 Å². The number of nitrogens with one attached hydrogen (secondary N) is 1. The van der Waals surface area contributed by atoms with E-state index in [0.29, 0.717) is 0 Å². The molecule has 1 saturated carbocycles. The Labute approximate surface area is 96.6 Å². The summed E-state index contributed by atoms with van der Waals surface area (Å²) in [5.41, 5.74) is 0.0214. The molecule has 1 N–H and O–H groups in total. The molecule has 0 radical (unpaired) electrons. The zero-order valence-electron chi connectivity index (χ0n) is 8.27. The zero-order valence-corrected chi connectivity index (χ0v) is 9.03. The van der Waals surface area contributed by atoms with E-state index in [9.17, 15) is 14.9 Å². The first-order valence-corrected chi connectivity index (χ1v) is 5.20. The van der Waals surface area contributed by atoms with Crippen LogP contribution in [0.15, 0.2) is 18.2 Å². The van der Waals surface area contributed by atoms with Crippen molar-refractivity contribution in [3.8, 4) is 0 Å². The van der Waals surface area contributed by atoms with Crippen LogP contribution in [0.5, 0.6) is 0 Å². The largest absolute Gasteiger partial charge is 0.349 e. The van der Waals surface area contributed by atoms with Crippen LogP contribution in [0.1, 0.15) is 23.2 Å². The molecule has 0 aliphatic heterocycles. The van der Waals surface area contributed by atoms with Gasteiger partial charge in [-0.05, 0) is 25.0 Å². The number of amides is 1. The molecule has 1 aromatic carbocycles. The molecule has 1 amide bonds. The van der Waals surface area contributed by atoms with E-state index in [2.05, 4.69) is 5.32 Å². The number of nitro groups is 1. The van der Waals surface area contributed by atoms with E-state index in [1.807, 2.05) is 0 Å². The molecule has 0 spiro atoms. The Kier molecular flexibility index (Phi) is 2.78. The number of carbonyl (C=O) groups is 1. The third kappa shape index (κ3) is 2.30. The van der Waals surface area contributed by atoms with Crippen molar-refractivity contribution in [2.45, 2.75) is 18.9 Å². The number of halogens is 1. The maximum Gasteiger partial charge on any atom is 0.288 e. The number of rotatable bonds is 3. The molecule has 0 aromatic heterocycles. The maximum absolute atomic E-state index is 11.6. The Balaban J connectivity index is 2.23. The fraction of sp³-hybridized carbons (Fsp3) is 0.300. The van der Waals surface area contributed by atoms with Crippen molar-refractivity contribution < 1.29 is 9.72 Å². The van der Waals surface area contributed by atoms with Gasteiger partial charge in [-0.25, -0.2) is 0 Å². The van der Waals surface area contributed by atoms with Crippen LogP contribution < -0.4 is 5.32 Å². The number of nitrogens with zero attached hydrogens (tertiary/aromatic N) is 1. The third-order valence-electron chi connectivity index (χ3n) is 2.32. The lowest BCUT2D eigenvalue weighted by Crippen LogP contribution is -2.25. The summed E-state index contributed by atoms with van der Waals surface area (Å²) in [6.07, 6.45) is 1.95. The summed E-state index contributed by atoms with van der Waals surface area (Å²) >= 11 is 5.64. The number of nitro benzene ring substituents is 1. The van der Waals surface area contributed by atoms with Crippen molar-refractivity contribution in [1.29, 1.82) is 0 Å². The standard InChI is InChI=1S/C10H9ClN2O3/c11-8-4-1-6(5-9(8)13(15)16)10(14)12-7-2-3-7/h1,4-5,7H,2-3H2,(H,12,14). The Hall–Kier alpha value is -1.62. The van der Waals surface area contributed by atoms with Gasteiger partial charge in [0.15, 0.2) is 0 Å². The fourth-order valence-corrected chi connectivity index (χ4v) is 1.48. The van der Waals surface area contributed by atoms with Crippen molar-refractivity contribution in [1.82, 2.24) is 5.32 Å². The van der Waals surface area contributed by atoms with E-state index in [-0.39, 0.29) is 28.2 Å². The van der Waals surface area contributed by atoms with Crippen molar-refractivity contribution in [3.63, 3.8) is 0 Å².